The zero-order valence-corrected chi connectivity index (χ0v) is 15.3. The van der Waals surface area contributed by atoms with Crippen LogP contribution >= 0.6 is 0 Å². The Kier molecular flexibility index (Phi) is 6.46. The molecule has 3 aromatic carbocycles. The Balaban J connectivity index is 1.56. The van der Waals surface area contributed by atoms with Gasteiger partial charge >= 0.3 is 11.9 Å². The molecule has 0 spiro atoms. The van der Waals surface area contributed by atoms with Gasteiger partial charge in [-0.05, 0) is 48.5 Å². The number of hydrogen-bond donors (Lipinski definition) is 0. The van der Waals surface area contributed by atoms with Gasteiger partial charge in [0.05, 0.1) is 11.1 Å². The highest BCUT2D eigenvalue weighted by molar-refractivity contribution is 5.93. The van der Waals surface area contributed by atoms with Gasteiger partial charge < -0.3 is 9.47 Å². The quantitative estimate of drug-likeness (QED) is 0.420. The molecule has 154 valence electrons. The minimum atomic E-state index is -0.835. The summed E-state index contributed by atoms with van der Waals surface area (Å²) in [7, 11) is 0. The van der Waals surface area contributed by atoms with Crippen molar-refractivity contribution in [3.05, 3.63) is 106 Å². The molecule has 0 aliphatic carbocycles. The van der Waals surface area contributed by atoms with E-state index in [1.807, 2.05) is 0 Å². The van der Waals surface area contributed by atoms with Gasteiger partial charge in [-0.3, -0.25) is 0 Å². The number of esters is 2. The number of carbonyl (C=O) groups excluding carboxylic acids is 2. The van der Waals surface area contributed by atoms with Crippen molar-refractivity contribution < 1.29 is 36.6 Å². The Labute approximate surface area is 168 Å². The fraction of sp³-hybridized carbons (Fsp3) is 0.0909. The van der Waals surface area contributed by atoms with Gasteiger partial charge in [0.1, 0.15) is 36.5 Å². The van der Waals surface area contributed by atoms with E-state index in [9.17, 15) is 27.2 Å². The summed E-state index contributed by atoms with van der Waals surface area (Å²) in [5.41, 5.74) is 0.216. The Morgan fingerprint density at radius 2 is 0.967 bits per heavy atom. The summed E-state index contributed by atoms with van der Waals surface area (Å²) < 4.78 is 62.8. The van der Waals surface area contributed by atoms with Crippen molar-refractivity contribution in [3.8, 4) is 0 Å². The molecule has 0 unspecified atom stereocenters. The van der Waals surface area contributed by atoms with Crippen molar-refractivity contribution in [2.24, 2.45) is 0 Å². The predicted octanol–water partition coefficient (Wildman–Crippen LogP) is 4.96. The van der Waals surface area contributed by atoms with Crippen LogP contribution in [0, 0.1) is 23.3 Å². The SMILES string of the molecule is O=C(OCc1ccc(F)cc1F)c1ccc(C(=O)OCc2ccc(F)cc2F)cc1. The molecule has 4 nitrogen and oxygen atoms in total. The third kappa shape index (κ3) is 5.22. The van der Waals surface area contributed by atoms with Gasteiger partial charge in [0.2, 0.25) is 0 Å². The first-order valence-electron chi connectivity index (χ1n) is 8.65. The Morgan fingerprint density at radius 1 is 0.600 bits per heavy atom. The van der Waals surface area contributed by atoms with Crippen LogP contribution in [-0.4, -0.2) is 11.9 Å². The molecule has 3 rings (SSSR count). The number of carbonyl (C=O) groups is 2. The lowest BCUT2D eigenvalue weighted by atomic mass is 10.1. The minimum absolute atomic E-state index is 0.0120. The average molecular weight is 418 g/mol. The van der Waals surface area contributed by atoms with E-state index >= 15 is 0 Å². The van der Waals surface area contributed by atoms with Crippen molar-refractivity contribution in [3.63, 3.8) is 0 Å². The number of rotatable bonds is 6. The van der Waals surface area contributed by atoms with Crippen LogP contribution in [0.1, 0.15) is 31.8 Å². The first-order chi connectivity index (χ1) is 14.3. The van der Waals surface area contributed by atoms with E-state index in [0.29, 0.717) is 12.1 Å². The Hall–Kier alpha value is -3.68. The van der Waals surface area contributed by atoms with E-state index in [4.69, 9.17) is 9.47 Å². The van der Waals surface area contributed by atoms with Crippen LogP contribution in [-0.2, 0) is 22.7 Å². The van der Waals surface area contributed by atoms with Crippen LogP contribution < -0.4 is 0 Å². The molecule has 0 heterocycles. The first-order valence-corrected chi connectivity index (χ1v) is 8.65. The summed E-state index contributed by atoms with van der Waals surface area (Å²) >= 11 is 0. The molecule has 8 heteroatoms. The summed E-state index contributed by atoms with van der Waals surface area (Å²) in [5.74, 6) is -4.70. The van der Waals surface area contributed by atoms with Gasteiger partial charge in [0.25, 0.3) is 0 Å². The van der Waals surface area contributed by atoms with Crippen LogP contribution in [0.4, 0.5) is 17.6 Å². The van der Waals surface area contributed by atoms with Gasteiger partial charge in [-0.1, -0.05) is 0 Å². The summed E-state index contributed by atoms with van der Waals surface area (Å²) in [4.78, 5) is 24.1. The molecule has 0 fully saturated rings. The van der Waals surface area contributed by atoms with E-state index in [0.717, 1.165) is 12.1 Å². The van der Waals surface area contributed by atoms with E-state index in [1.54, 1.807) is 0 Å². The normalized spacial score (nSPS) is 10.5. The molecule has 0 N–H and O–H groups in total. The highest BCUT2D eigenvalue weighted by atomic mass is 19.1. The zero-order valence-electron chi connectivity index (χ0n) is 15.3. The molecule has 3 aromatic rings. The maximum atomic E-state index is 13.6. The number of halogens is 4. The van der Waals surface area contributed by atoms with Crippen molar-refractivity contribution in [1.82, 2.24) is 0 Å². The van der Waals surface area contributed by atoms with E-state index in [2.05, 4.69) is 0 Å². The van der Waals surface area contributed by atoms with Crippen LogP contribution in [0.2, 0.25) is 0 Å². The first kappa shape index (κ1) is 21.0. The fourth-order valence-electron chi connectivity index (χ4n) is 2.47. The monoisotopic (exact) mass is 418 g/mol. The van der Waals surface area contributed by atoms with Crippen molar-refractivity contribution in [1.29, 1.82) is 0 Å². The van der Waals surface area contributed by atoms with Gasteiger partial charge in [-0.2, -0.15) is 0 Å². The summed E-state index contributed by atoms with van der Waals surface area (Å²) in [6.45, 7) is -0.782. The topological polar surface area (TPSA) is 52.6 Å². The van der Waals surface area contributed by atoms with Crippen molar-refractivity contribution in [2.75, 3.05) is 0 Å². The maximum absolute atomic E-state index is 13.6. The Morgan fingerprint density at radius 3 is 1.30 bits per heavy atom. The maximum Gasteiger partial charge on any atom is 0.338 e. The smallest absolute Gasteiger partial charge is 0.338 e. The third-order valence-electron chi connectivity index (χ3n) is 4.10. The van der Waals surface area contributed by atoms with E-state index in [-0.39, 0.29) is 22.3 Å². The van der Waals surface area contributed by atoms with Crippen molar-refractivity contribution >= 4 is 11.9 Å². The lowest BCUT2D eigenvalue weighted by Gasteiger charge is -2.08. The average Bonchev–Trinajstić information content (AvgIpc) is 2.72. The lowest BCUT2D eigenvalue weighted by Crippen LogP contribution is -2.09. The zero-order chi connectivity index (χ0) is 21.7. The van der Waals surface area contributed by atoms with Gasteiger partial charge in [0, 0.05) is 23.3 Å². The fourth-order valence-corrected chi connectivity index (χ4v) is 2.47. The van der Waals surface area contributed by atoms with Gasteiger partial charge in [-0.15, -0.1) is 0 Å². The molecular weight excluding hydrogens is 404 g/mol. The Bertz CT molecular complexity index is 994. The minimum Gasteiger partial charge on any atom is -0.457 e. The largest absolute Gasteiger partial charge is 0.457 e. The van der Waals surface area contributed by atoms with Crippen molar-refractivity contribution in [2.45, 2.75) is 13.2 Å². The van der Waals surface area contributed by atoms with Crippen LogP contribution in [0.15, 0.2) is 60.7 Å². The summed E-state index contributed by atoms with van der Waals surface area (Å²) in [6, 6.07) is 11.0. The second-order valence-electron chi connectivity index (χ2n) is 6.20. The second kappa shape index (κ2) is 9.21. The van der Waals surface area contributed by atoms with Gasteiger partial charge in [0.15, 0.2) is 0 Å². The number of hydrogen-bond acceptors (Lipinski definition) is 4. The molecule has 0 aliphatic rings. The third-order valence-corrected chi connectivity index (χ3v) is 4.10. The molecule has 0 aromatic heterocycles. The molecular formula is C22H14F4O4. The van der Waals surface area contributed by atoms with Crippen LogP contribution in [0.25, 0.3) is 0 Å². The molecule has 0 aliphatic heterocycles. The summed E-state index contributed by atoms with van der Waals surface area (Å²) in [5, 5.41) is 0. The van der Waals surface area contributed by atoms with Crippen LogP contribution in [0.3, 0.4) is 0 Å². The predicted molar refractivity (Wildman–Crippen MR) is 97.4 cm³/mol. The molecule has 0 saturated heterocycles. The number of benzene rings is 3. The van der Waals surface area contributed by atoms with Gasteiger partial charge in [-0.25, -0.2) is 27.2 Å². The second-order valence-corrected chi connectivity index (χ2v) is 6.20. The molecule has 0 bridgehead atoms. The highest BCUT2D eigenvalue weighted by Gasteiger charge is 2.13. The summed E-state index contributed by atoms with van der Waals surface area (Å²) in [6.07, 6.45) is 0. The highest BCUT2D eigenvalue weighted by Crippen LogP contribution is 2.15. The van der Waals surface area contributed by atoms with Crippen LogP contribution in [0.5, 0.6) is 0 Å². The molecule has 0 radical (unpaired) electrons. The van der Waals surface area contributed by atoms with E-state index < -0.39 is 48.4 Å². The number of ether oxygens (including phenoxy) is 2. The standard InChI is InChI=1S/C22H14F4O4/c23-17-7-5-15(19(25)9-17)11-29-21(27)13-1-2-14(4-3-13)22(28)30-12-16-6-8-18(24)10-20(16)26/h1-10H,11-12H2. The molecule has 30 heavy (non-hydrogen) atoms. The van der Waals surface area contributed by atoms with E-state index in [1.165, 1.54) is 36.4 Å². The molecule has 0 saturated carbocycles. The lowest BCUT2D eigenvalue weighted by molar-refractivity contribution is 0.0454. The molecule has 0 atom stereocenters. The molecule has 0 amide bonds.